The first-order valence-electron chi connectivity index (χ1n) is 5.36. The number of hydrogen-bond acceptors (Lipinski definition) is 5. The highest BCUT2D eigenvalue weighted by molar-refractivity contribution is 7.89. The van der Waals surface area contributed by atoms with Gasteiger partial charge in [0.25, 0.3) is 15.7 Å². The van der Waals surface area contributed by atoms with E-state index >= 15 is 0 Å². The molecule has 1 aromatic heterocycles. The van der Waals surface area contributed by atoms with E-state index in [4.69, 9.17) is 0 Å². The van der Waals surface area contributed by atoms with Gasteiger partial charge in [0.05, 0.1) is 6.20 Å². The van der Waals surface area contributed by atoms with Crippen molar-refractivity contribution in [1.29, 1.82) is 0 Å². The maximum Gasteiger partial charge on any atom is 0.439 e. The van der Waals surface area contributed by atoms with E-state index in [0.717, 1.165) is 17.1 Å². The number of hydrazone groups is 1. The Kier molecular flexibility index (Phi) is 3.09. The Labute approximate surface area is 112 Å². The number of rotatable bonds is 2. The molecule has 2 rings (SSSR count). The van der Waals surface area contributed by atoms with E-state index in [0.29, 0.717) is 0 Å². The maximum atomic E-state index is 13.0. The molecule has 0 fully saturated rings. The molecule has 0 saturated heterocycles. The molecule has 1 N–H and O–H groups in total. The fraction of sp³-hybridized carbons (Fsp3) is 0.556. The second-order valence-corrected chi connectivity index (χ2v) is 6.19. The van der Waals surface area contributed by atoms with Crippen LogP contribution in [0, 0.1) is 0 Å². The van der Waals surface area contributed by atoms with Crippen molar-refractivity contribution in [2.24, 2.45) is 12.1 Å². The van der Waals surface area contributed by atoms with Crippen molar-refractivity contribution < 1.29 is 26.7 Å². The molecule has 0 bridgehead atoms. The zero-order valence-corrected chi connectivity index (χ0v) is 11.3. The van der Waals surface area contributed by atoms with Crippen molar-refractivity contribution in [3.05, 3.63) is 12.4 Å². The van der Waals surface area contributed by atoms with Crippen LogP contribution in [-0.4, -0.2) is 45.3 Å². The molecule has 0 radical (unpaired) electrons. The first-order chi connectivity index (χ1) is 8.98. The monoisotopic (exact) mass is 312 g/mol. The van der Waals surface area contributed by atoms with Crippen LogP contribution in [0.3, 0.4) is 0 Å². The highest BCUT2D eigenvalue weighted by atomic mass is 32.2. The van der Waals surface area contributed by atoms with Gasteiger partial charge in [-0.25, -0.2) is 0 Å². The van der Waals surface area contributed by atoms with Gasteiger partial charge in [-0.15, -0.1) is 4.41 Å². The van der Waals surface area contributed by atoms with Crippen LogP contribution in [-0.2, 0) is 17.1 Å². The summed E-state index contributed by atoms with van der Waals surface area (Å²) in [5.41, 5.74) is -3.72. The lowest BCUT2D eigenvalue weighted by Crippen LogP contribution is -2.56. The lowest BCUT2D eigenvalue weighted by Gasteiger charge is -2.32. The van der Waals surface area contributed by atoms with Crippen molar-refractivity contribution in [3.8, 4) is 0 Å². The van der Waals surface area contributed by atoms with E-state index in [-0.39, 0.29) is 10.1 Å². The molecule has 11 heteroatoms. The summed E-state index contributed by atoms with van der Waals surface area (Å²) in [7, 11) is -3.24. The van der Waals surface area contributed by atoms with Crippen molar-refractivity contribution in [1.82, 2.24) is 14.2 Å². The molecule has 1 unspecified atom stereocenters. The molecular formula is C9H11F3N4O3S. The van der Waals surface area contributed by atoms with Gasteiger partial charge in [-0.1, -0.05) is 0 Å². The van der Waals surface area contributed by atoms with Crippen molar-refractivity contribution in [2.75, 3.05) is 0 Å². The highest BCUT2D eigenvalue weighted by Gasteiger charge is 2.64. The molecule has 0 spiro atoms. The van der Waals surface area contributed by atoms with Crippen LogP contribution in [0.25, 0.3) is 0 Å². The predicted octanol–water partition coefficient (Wildman–Crippen LogP) is 0.441. The minimum atomic E-state index is -5.18. The second kappa shape index (κ2) is 4.19. The van der Waals surface area contributed by atoms with Gasteiger partial charge in [-0.3, -0.25) is 4.68 Å². The van der Waals surface area contributed by atoms with Crippen LogP contribution in [0.5, 0.6) is 0 Å². The van der Waals surface area contributed by atoms with Gasteiger partial charge in [-0.2, -0.15) is 31.8 Å². The van der Waals surface area contributed by atoms with Crippen molar-refractivity contribution in [3.63, 3.8) is 0 Å². The SMILES string of the molecule is CC1=NN(S(=O)(=O)c2cnn(C)c2)C(O)(C(F)(F)F)C1. The molecule has 112 valence electrons. The Hall–Kier alpha value is -1.62. The Morgan fingerprint density at radius 3 is 2.50 bits per heavy atom. The first-order valence-corrected chi connectivity index (χ1v) is 6.80. The minimum Gasteiger partial charge on any atom is -0.361 e. The number of aliphatic hydroxyl groups is 1. The molecule has 0 amide bonds. The summed E-state index contributed by atoms with van der Waals surface area (Å²) in [6.07, 6.45) is -4.20. The highest BCUT2D eigenvalue weighted by Crippen LogP contribution is 2.42. The molecule has 1 aromatic rings. The quantitative estimate of drug-likeness (QED) is 0.858. The van der Waals surface area contributed by atoms with Gasteiger partial charge in [0.1, 0.15) is 4.90 Å². The fourth-order valence-corrected chi connectivity index (χ4v) is 3.27. The first kappa shape index (κ1) is 14.8. The zero-order chi connectivity index (χ0) is 15.3. The molecular weight excluding hydrogens is 301 g/mol. The third kappa shape index (κ3) is 2.06. The molecule has 0 saturated carbocycles. The van der Waals surface area contributed by atoms with Crippen molar-refractivity contribution in [2.45, 2.75) is 30.1 Å². The van der Waals surface area contributed by atoms with Gasteiger partial charge in [-0.05, 0) is 6.92 Å². The standard InChI is InChI=1S/C9H11F3N4O3S/c1-6-3-8(17,9(10,11)12)16(14-6)20(18,19)7-4-13-15(2)5-7/h4-5,17H,3H2,1-2H3. The fourth-order valence-electron chi connectivity index (χ4n) is 1.79. The van der Waals surface area contributed by atoms with E-state index in [1.165, 1.54) is 14.0 Å². The zero-order valence-electron chi connectivity index (χ0n) is 10.5. The number of halogens is 3. The summed E-state index contributed by atoms with van der Waals surface area (Å²) < 4.78 is 64.0. The van der Waals surface area contributed by atoms with Gasteiger partial charge in [0.2, 0.25) is 0 Å². The number of alkyl halides is 3. The summed E-state index contributed by atoms with van der Waals surface area (Å²) >= 11 is 0. The Morgan fingerprint density at radius 1 is 1.45 bits per heavy atom. The van der Waals surface area contributed by atoms with Crippen LogP contribution in [0.4, 0.5) is 13.2 Å². The van der Waals surface area contributed by atoms with Gasteiger partial charge < -0.3 is 5.11 Å². The minimum absolute atomic E-state index is 0.141. The summed E-state index contributed by atoms with van der Waals surface area (Å²) in [6.45, 7) is 1.20. The van der Waals surface area contributed by atoms with Gasteiger partial charge in [0.15, 0.2) is 0 Å². The number of hydrogen-bond donors (Lipinski definition) is 1. The van der Waals surface area contributed by atoms with Gasteiger partial charge in [0, 0.05) is 25.4 Å². The Bertz CT molecular complexity index is 666. The second-order valence-electron chi connectivity index (χ2n) is 4.42. The average Bonchev–Trinajstić information content (AvgIpc) is 2.83. The molecule has 1 aliphatic rings. The number of aryl methyl sites for hydroxylation is 1. The number of nitrogens with zero attached hydrogens (tertiary/aromatic N) is 4. The molecule has 20 heavy (non-hydrogen) atoms. The number of sulfonamides is 1. The van der Waals surface area contributed by atoms with Crippen LogP contribution in [0.15, 0.2) is 22.4 Å². The van der Waals surface area contributed by atoms with E-state index in [1.807, 2.05) is 0 Å². The molecule has 0 aliphatic carbocycles. The van der Waals surface area contributed by atoms with Crippen LogP contribution in [0.2, 0.25) is 0 Å². The van der Waals surface area contributed by atoms with Crippen LogP contribution >= 0.6 is 0 Å². The molecule has 0 aromatic carbocycles. The average molecular weight is 312 g/mol. The summed E-state index contributed by atoms with van der Waals surface area (Å²) in [5, 5.41) is 16.6. The third-order valence-electron chi connectivity index (χ3n) is 2.74. The lowest BCUT2D eigenvalue weighted by atomic mass is 10.1. The van der Waals surface area contributed by atoms with E-state index < -0.39 is 33.2 Å². The predicted molar refractivity (Wildman–Crippen MR) is 61.0 cm³/mol. The summed E-state index contributed by atoms with van der Waals surface area (Å²) in [5.74, 6) is 0. The molecule has 1 atom stereocenters. The molecule has 2 heterocycles. The normalized spacial score (nSPS) is 24.1. The topological polar surface area (TPSA) is 87.8 Å². The van der Waals surface area contributed by atoms with E-state index in [9.17, 15) is 26.7 Å². The van der Waals surface area contributed by atoms with Crippen LogP contribution in [0.1, 0.15) is 13.3 Å². The van der Waals surface area contributed by atoms with E-state index in [2.05, 4.69) is 10.2 Å². The largest absolute Gasteiger partial charge is 0.439 e. The molecule has 7 nitrogen and oxygen atoms in total. The Balaban J connectivity index is 2.55. The van der Waals surface area contributed by atoms with Crippen molar-refractivity contribution >= 4 is 15.7 Å². The van der Waals surface area contributed by atoms with Gasteiger partial charge >= 0.3 is 6.18 Å². The smallest absolute Gasteiger partial charge is 0.361 e. The third-order valence-corrected chi connectivity index (χ3v) is 4.39. The van der Waals surface area contributed by atoms with Crippen LogP contribution < -0.4 is 0 Å². The Morgan fingerprint density at radius 2 is 2.05 bits per heavy atom. The summed E-state index contributed by atoms with van der Waals surface area (Å²) in [6, 6.07) is 0. The number of aromatic nitrogens is 2. The maximum absolute atomic E-state index is 13.0. The summed E-state index contributed by atoms with van der Waals surface area (Å²) in [4.78, 5) is -0.485. The molecule has 1 aliphatic heterocycles. The lowest BCUT2D eigenvalue weighted by molar-refractivity contribution is -0.291. The van der Waals surface area contributed by atoms with E-state index in [1.54, 1.807) is 0 Å².